The van der Waals surface area contributed by atoms with E-state index >= 15 is 0 Å². The minimum atomic E-state index is 0.0599. The smallest absolute Gasteiger partial charge is 0.223 e. The van der Waals surface area contributed by atoms with Gasteiger partial charge in [-0.1, -0.05) is 54.6 Å². The summed E-state index contributed by atoms with van der Waals surface area (Å²) in [6.07, 6.45) is 4.24. The number of benzene rings is 2. The highest BCUT2D eigenvalue weighted by molar-refractivity contribution is 5.78. The standard InChI is InChI=1S/C24H28N2O/c27-23(16-21-17-25-13-10-18(21)11-14-25)26-15-12-19-6-4-5-9-22(19)24(26)20-7-2-1-3-8-20/h1-9,18,21,24H,10-17H2/t21-,24+/m1/s1. The van der Waals surface area contributed by atoms with Crippen molar-refractivity contribution in [1.29, 1.82) is 0 Å². The molecular formula is C24H28N2O. The average molecular weight is 361 g/mol. The fraction of sp³-hybridized carbons (Fsp3) is 0.458. The molecular weight excluding hydrogens is 332 g/mol. The molecule has 3 fully saturated rings. The number of carbonyl (C=O) groups excluding carboxylic acids is 1. The number of fused-ring (bicyclic) bond motifs is 4. The third kappa shape index (κ3) is 3.19. The van der Waals surface area contributed by atoms with E-state index in [9.17, 15) is 4.79 Å². The molecule has 0 aromatic heterocycles. The molecule has 4 heterocycles. The molecule has 3 saturated heterocycles. The van der Waals surface area contributed by atoms with Crippen molar-refractivity contribution in [2.24, 2.45) is 11.8 Å². The van der Waals surface area contributed by atoms with Gasteiger partial charge in [0.25, 0.3) is 0 Å². The molecule has 3 heteroatoms. The number of amides is 1. The minimum Gasteiger partial charge on any atom is -0.331 e. The second-order valence-electron chi connectivity index (χ2n) is 8.45. The number of hydrogen-bond acceptors (Lipinski definition) is 2. The Labute approximate surface area is 162 Å². The van der Waals surface area contributed by atoms with Crippen molar-refractivity contribution in [3.05, 3.63) is 71.3 Å². The molecule has 0 aliphatic carbocycles. The van der Waals surface area contributed by atoms with Gasteiger partial charge in [-0.2, -0.15) is 0 Å². The van der Waals surface area contributed by atoms with E-state index in [-0.39, 0.29) is 6.04 Å². The molecule has 2 aromatic rings. The van der Waals surface area contributed by atoms with Gasteiger partial charge in [0.2, 0.25) is 5.91 Å². The summed E-state index contributed by atoms with van der Waals surface area (Å²) < 4.78 is 0. The van der Waals surface area contributed by atoms with Crippen molar-refractivity contribution in [3.8, 4) is 0 Å². The van der Waals surface area contributed by atoms with Gasteiger partial charge < -0.3 is 9.80 Å². The van der Waals surface area contributed by atoms with Gasteiger partial charge in [-0.25, -0.2) is 0 Å². The first-order chi connectivity index (χ1) is 13.3. The lowest BCUT2D eigenvalue weighted by Crippen LogP contribution is -2.49. The molecule has 0 radical (unpaired) electrons. The zero-order valence-electron chi connectivity index (χ0n) is 15.9. The van der Waals surface area contributed by atoms with Gasteiger partial charge in [0.1, 0.15) is 0 Å². The molecule has 4 aliphatic rings. The second-order valence-corrected chi connectivity index (χ2v) is 8.45. The van der Waals surface area contributed by atoms with E-state index in [0.717, 1.165) is 25.4 Å². The SMILES string of the molecule is O=C(C[C@@H]1CN2CCC1CC2)N1CCc2ccccc2[C@@H]1c1ccccc1. The molecule has 27 heavy (non-hydrogen) atoms. The summed E-state index contributed by atoms with van der Waals surface area (Å²) in [7, 11) is 0. The third-order valence-corrected chi connectivity index (χ3v) is 6.95. The van der Waals surface area contributed by atoms with Crippen LogP contribution in [0.3, 0.4) is 0 Å². The highest BCUT2D eigenvalue weighted by Gasteiger charge is 2.38. The van der Waals surface area contributed by atoms with Crippen LogP contribution in [0.4, 0.5) is 0 Å². The fourth-order valence-corrected chi connectivity index (χ4v) is 5.49. The van der Waals surface area contributed by atoms with Crippen LogP contribution in [0, 0.1) is 11.8 Å². The quantitative estimate of drug-likeness (QED) is 0.829. The van der Waals surface area contributed by atoms with E-state index in [1.165, 1.54) is 42.6 Å². The zero-order valence-corrected chi connectivity index (χ0v) is 15.9. The Hall–Kier alpha value is -2.13. The van der Waals surface area contributed by atoms with Crippen molar-refractivity contribution < 1.29 is 4.79 Å². The maximum atomic E-state index is 13.4. The average Bonchev–Trinajstić information content (AvgIpc) is 2.74. The normalized spacial score (nSPS) is 29.4. The Kier molecular flexibility index (Phi) is 4.48. The first-order valence-electron chi connectivity index (χ1n) is 10.4. The van der Waals surface area contributed by atoms with Crippen LogP contribution in [0.2, 0.25) is 0 Å². The Bertz CT molecular complexity index is 810. The van der Waals surface area contributed by atoms with E-state index in [1.807, 2.05) is 0 Å². The van der Waals surface area contributed by atoms with Crippen LogP contribution in [0.25, 0.3) is 0 Å². The Morgan fingerprint density at radius 2 is 1.67 bits per heavy atom. The molecule has 6 rings (SSSR count). The summed E-state index contributed by atoms with van der Waals surface area (Å²) in [5.41, 5.74) is 3.92. The maximum absolute atomic E-state index is 13.4. The lowest BCUT2D eigenvalue weighted by atomic mass is 9.77. The first-order valence-corrected chi connectivity index (χ1v) is 10.4. The predicted octanol–water partition coefficient (Wildman–Crippen LogP) is 3.89. The number of piperidine rings is 3. The topological polar surface area (TPSA) is 23.6 Å². The van der Waals surface area contributed by atoms with Crippen LogP contribution >= 0.6 is 0 Å². The Balaban J connectivity index is 1.43. The van der Waals surface area contributed by atoms with Crippen molar-refractivity contribution in [1.82, 2.24) is 9.80 Å². The molecule has 140 valence electrons. The van der Waals surface area contributed by atoms with Gasteiger partial charge in [0.15, 0.2) is 0 Å². The molecule has 0 saturated carbocycles. The van der Waals surface area contributed by atoms with Gasteiger partial charge in [-0.05, 0) is 60.9 Å². The van der Waals surface area contributed by atoms with Crippen LogP contribution in [0.5, 0.6) is 0 Å². The van der Waals surface area contributed by atoms with Crippen LogP contribution in [0.1, 0.15) is 42.0 Å². The predicted molar refractivity (Wildman–Crippen MR) is 107 cm³/mol. The molecule has 4 aliphatic heterocycles. The van der Waals surface area contributed by atoms with Crippen LogP contribution in [-0.4, -0.2) is 41.9 Å². The largest absolute Gasteiger partial charge is 0.331 e. The van der Waals surface area contributed by atoms with Crippen molar-refractivity contribution in [2.75, 3.05) is 26.2 Å². The number of nitrogens with zero attached hydrogens (tertiary/aromatic N) is 2. The summed E-state index contributed by atoms with van der Waals surface area (Å²) in [6, 6.07) is 19.3. The van der Waals surface area contributed by atoms with Gasteiger partial charge in [0.05, 0.1) is 6.04 Å². The summed E-state index contributed by atoms with van der Waals surface area (Å²) in [6.45, 7) is 4.42. The van der Waals surface area contributed by atoms with Crippen molar-refractivity contribution >= 4 is 5.91 Å². The number of carbonyl (C=O) groups is 1. The summed E-state index contributed by atoms with van der Waals surface area (Å²) in [5.74, 6) is 1.65. The molecule has 2 aromatic carbocycles. The van der Waals surface area contributed by atoms with Crippen molar-refractivity contribution in [3.63, 3.8) is 0 Å². The van der Waals surface area contributed by atoms with Crippen molar-refractivity contribution in [2.45, 2.75) is 31.7 Å². The van der Waals surface area contributed by atoms with Crippen LogP contribution in [0.15, 0.2) is 54.6 Å². The monoisotopic (exact) mass is 360 g/mol. The van der Waals surface area contributed by atoms with E-state index in [0.29, 0.717) is 18.2 Å². The Morgan fingerprint density at radius 3 is 2.41 bits per heavy atom. The molecule has 0 unspecified atom stereocenters. The van der Waals surface area contributed by atoms with Crippen LogP contribution in [-0.2, 0) is 11.2 Å². The molecule has 2 bridgehead atoms. The van der Waals surface area contributed by atoms with E-state index in [4.69, 9.17) is 0 Å². The van der Waals surface area contributed by atoms with Gasteiger partial charge in [0, 0.05) is 19.5 Å². The van der Waals surface area contributed by atoms with E-state index < -0.39 is 0 Å². The molecule has 2 atom stereocenters. The number of rotatable bonds is 3. The van der Waals surface area contributed by atoms with E-state index in [2.05, 4.69) is 64.4 Å². The molecule has 0 spiro atoms. The molecule has 0 N–H and O–H groups in total. The fourth-order valence-electron chi connectivity index (χ4n) is 5.49. The summed E-state index contributed by atoms with van der Waals surface area (Å²) in [5, 5.41) is 0. The van der Waals surface area contributed by atoms with Gasteiger partial charge in [-0.3, -0.25) is 4.79 Å². The molecule has 3 nitrogen and oxygen atoms in total. The second kappa shape index (κ2) is 7.12. The highest BCUT2D eigenvalue weighted by Crippen LogP contribution is 2.38. The summed E-state index contributed by atoms with van der Waals surface area (Å²) in [4.78, 5) is 18.2. The van der Waals surface area contributed by atoms with Gasteiger partial charge in [-0.15, -0.1) is 0 Å². The first kappa shape index (κ1) is 17.0. The lowest BCUT2D eigenvalue weighted by Gasteiger charge is -2.46. The Morgan fingerprint density at radius 1 is 0.926 bits per heavy atom. The summed E-state index contributed by atoms with van der Waals surface area (Å²) >= 11 is 0. The maximum Gasteiger partial charge on any atom is 0.223 e. The lowest BCUT2D eigenvalue weighted by molar-refractivity contribution is -0.136. The van der Waals surface area contributed by atoms with E-state index in [1.54, 1.807) is 0 Å². The minimum absolute atomic E-state index is 0.0599. The van der Waals surface area contributed by atoms with Gasteiger partial charge >= 0.3 is 0 Å². The molecule has 1 amide bonds. The third-order valence-electron chi connectivity index (χ3n) is 6.95. The number of hydrogen-bond donors (Lipinski definition) is 0. The van der Waals surface area contributed by atoms with Crippen LogP contribution < -0.4 is 0 Å². The highest BCUT2D eigenvalue weighted by atomic mass is 16.2. The zero-order chi connectivity index (χ0) is 18.2.